The van der Waals surface area contributed by atoms with Crippen LogP contribution in [0.5, 0.6) is 0 Å². The first-order valence-corrected chi connectivity index (χ1v) is 5.91. The molecule has 0 bridgehead atoms. The Labute approximate surface area is 99.2 Å². The van der Waals surface area contributed by atoms with Gasteiger partial charge in [-0.25, -0.2) is 4.68 Å². The molecule has 0 aliphatic rings. The van der Waals surface area contributed by atoms with Gasteiger partial charge in [0, 0.05) is 7.05 Å². The van der Waals surface area contributed by atoms with Gasteiger partial charge in [0.1, 0.15) is 0 Å². The first-order chi connectivity index (χ1) is 7.36. The molecule has 1 unspecified atom stereocenters. The summed E-state index contributed by atoms with van der Waals surface area (Å²) in [4.78, 5) is 11.4. The molecule has 1 aromatic rings. The number of nitrogens with zero attached hydrogens (tertiary/aromatic N) is 4. The van der Waals surface area contributed by atoms with Gasteiger partial charge in [-0.1, -0.05) is 11.8 Å². The van der Waals surface area contributed by atoms with Crippen molar-refractivity contribution in [2.45, 2.75) is 43.6 Å². The quantitative estimate of drug-likeness (QED) is 0.789. The molecule has 7 heteroatoms. The second kappa shape index (κ2) is 4.82. The molecule has 0 radical (unpaired) electrons. The fourth-order valence-electron chi connectivity index (χ4n) is 1.09. The lowest BCUT2D eigenvalue weighted by atomic mass is 10.1. The van der Waals surface area contributed by atoms with Gasteiger partial charge < -0.3 is 5.32 Å². The lowest BCUT2D eigenvalue weighted by molar-refractivity contribution is -0.119. The molecular formula is C9H17N5OS. The molecule has 0 aliphatic heterocycles. The monoisotopic (exact) mass is 243 g/mol. The van der Waals surface area contributed by atoms with E-state index in [0.29, 0.717) is 5.16 Å². The highest BCUT2D eigenvalue weighted by Gasteiger charge is 2.23. The average molecular weight is 243 g/mol. The molecule has 0 saturated heterocycles. The van der Waals surface area contributed by atoms with Crippen LogP contribution < -0.4 is 5.32 Å². The second-order valence-electron chi connectivity index (χ2n) is 4.42. The Kier molecular flexibility index (Phi) is 3.90. The molecule has 0 fully saturated rings. The summed E-state index contributed by atoms with van der Waals surface area (Å²) >= 11 is 1.35. The summed E-state index contributed by atoms with van der Waals surface area (Å²) < 4.78 is 1.72. The summed E-state index contributed by atoms with van der Waals surface area (Å²) in [7, 11) is 1.62. The first kappa shape index (κ1) is 13.0. The number of tetrazole rings is 1. The third kappa shape index (κ3) is 2.94. The van der Waals surface area contributed by atoms with Gasteiger partial charge in [0.15, 0.2) is 0 Å². The second-order valence-corrected chi connectivity index (χ2v) is 5.73. The Morgan fingerprint density at radius 2 is 2.12 bits per heavy atom. The molecule has 0 aliphatic carbocycles. The summed E-state index contributed by atoms with van der Waals surface area (Å²) in [6.07, 6.45) is 0. The van der Waals surface area contributed by atoms with Crippen molar-refractivity contribution in [2.75, 3.05) is 7.05 Å². The summed E-state index contributed by atoms with van der Waals surface area (Å²) in [5, 5.41) is 14.5. The average Bonchev–Trinajstić information content (AvgIpc) is 2.63. The lowest BCUT2D eigenvalue weighted by Gasteiger charge is -2.20. The van der Waals surface area contributed by atoms with Crippen LogP contribution in [-0.4, -0.2) is 38.4 Å². The molecule has 0 saturated carbocycles. The normalized spacial score (nSPS) is 13.6. The van der Waals surface area contributed by atoms with E-state index < -0.39 is 0 Å². The van der Waals surface area contributed by atoms with E-state index >= 15 is 0 Å². The smallest absolute Gasteiger partial charge is 0.233 e. The lowest BCUT2D eigenvalue weighted by Crippen LogP contribution is -2.29. The molecule has 1 amide bonds. The minimum Gasteiger partial charge on any atom is -0.358 e. The maximum absolute atomic E-state index is 11.4. The van der Waals surface area contributed by atoms with Crippen LogP contribution in [0.1, 0.15) is 27.7 Å². The zero-order chi connectivity index (χ0) is 12.3. The van der Waals surface area contributed by atoms with Crippen LogP contribution in [0.15, 0.2) is 5.16 Å². The SMILES string of the molecule is CNC(=O)C(C)Sc1nnnn1C(C)(C)C. The van der Waals surface area contributed by atoms with E-state index in [1.807, 2.05) is 27.7 Å². The Hall–Kier alpha value is -1.11. The van der Waals surface area contributed by atoms with E-state index in [4.69, 9.17) is 0 Å². The number of amides is 1. The van der Waals surface area contributed by atoms with Crippen molar-refractivity contribution in [1.82, 2.24) is 25.5 Å². The molecule has 90 valence electrons. The van der Waals surface area contributed by atoms with Crippen LogP contribution in [0.2, 0.25) is 0 Å². The number of carbonyl (C=O) groups excluding carboxylic acids is 1. The summed E-state index contributed by atoms with van der Waals surface area (Å²) in [6, 6.07) is 0. The van der Waals surface area contributed by atoms with Gasteiger partial charge in [-0.05, 0) is 38.1 Å². The molecular weight excluding hydrogens is 226 g/mol. The van der Waals surface area contributed by atoms with Crippen molar-refractivity contribution in [1.29, 1.82) is 0 Å². The number of hydrogen-bond acceptors (Lipinski definition) is 5. The number of rotatable bonds is 3. The molecule has 1 aromatic heterocycles. The van der Waals surface area contributed by atoms with Crippen molar-refractivity contribution >= 4 is 17.7 Å². The van der Waals surface area contributed by atoms with E-state index in [9.17, 15) is 4.79 Å². The predicted molar refractivity (Wildman–Crippen MR) is 62.2 cm³/mol. The van der Waals surface area contributed by atoms with Crippen molar-refractivity contribution < 1.29 is 4.79 Å². The van der Waals surface area contributed by atoms with Crippen molar-refractivity contribution in [3.63, 3.8) is 0 Å². The van der Waals surface area contributed by atoms with Crippen molar-refractivity contribution in [3.8, 4) is 0 Å². The number of hydrogen-bond donors (Lipinski definition) is 1. The summed E-state index contributed by atoms with van der Waals surface area (Å²) in [5.41, 5.74) is -0.186. The molecule has 1 atom stereocenters. The maximum atomic E-state index is 11.4. The van der Waals surface area contributed by atoms with E-state index in [0.717, 1.165) is 0 Å². The predicted octanol–water partition coefficient (Wildman–Crippen LogP) is 0.655. The number of carbonyl (C=O) groups is 1. The summed E-state index contributed by atoms with van der Waals surface area (Å²) in [6.45, 7) is 7.86. The van der Waals surface area contributed by atoms with Gasteiger partial charge >= 0.3 is 0 Å². The highest BCUT2D eigenvalue weighted by atomic mass is 32.2. The van der Waals surface area contributed by atoms with Gasteiger partial charge in [0.05, 0.1) is 10.8 Å². The van der Waals surface area contributed by atoms with Gasteiger partial charge in [-0.3, -0.25) is 4.79 Å². The Bertz CT molecular complexity index is 370. The van der Waals surface area contributed by atoms with Gasteiger partial charge in [-0.15, -0.1) is 5.10 Å². The Morgan fingerprint density at radius 3 is 2.62 bits per heavy atom. The Balaban J connectivity index is 2.83. The van der Waals surface area contributed by atoms with Crippen LogP contribution in [0.25, 0.3) is 0 Å². The van der Waals surface area contributed by atoms with Crippen molar-refractivity contribution in [2.24, 2.45) is 0 Å². The molecule has 0 spiro atoms. The van der Waals surface area contributed by atoms with E-state index in [-0.39, 0.29) is 16.7 Å². The maximum Gasteiger partial charge on any atom is 0.233 e. The van der Waals surface area contributed by atoms with Crippen LogP contribution in [0, 0.1) is 0 Å². The molecule has 0 aromatic carbocycles. The van der Waals surface area contributed by atoms with Gasteiger partial charge in [0.2, 0.25) is 11.1 Å². The van der Waals surface area contributed by atoms with Crippen molar-refractivity contribution in [3.05, 3.63) is 0 Å². The van der Waals surface area contributed by atoms with Gasteiger partial charge in [0.25, 0.3) is 0 Å². The summed E-state index contributed by atoms with van der Waals surface area (Å²) in [5.74, 6) is -0.0338. The molecule has 1 N–H and O–H groups in total. The highest BCUT2D eigenvalue weighted by molar-refractivity contribution is 8.00. The van der Waals surface area contributed by atoms with E-state index in [1.54, 1.807) is 11.7 Å². The fraction of sp³-hybridized carbons (Fsp3) is 0.778. The van der Waals surface area contributed by atoms with Crippen LogP contribution in [0.3, 0.4) is 0 Å². The topological polar surface area (TPSA) is 72.7 Å². The Morgan fingerprint density at radius 1 is 1.50 bits per heavy atom. The first-order valence-electron chi connectivity index (χ1n) is 5.03. The number of thioether (sulfide) groups is 1. The molecule has 1 rings (SSSR count). The highest BCUT2D eigenvalue weighted by Crippen LogP contribution is 2.24. The van der Waals surface area contributed by atoms with E-state index in [1.165, 1.54) is 11.8 Å². The number of aromatic nitrogens is 4. The molecule has 6 nitrogen and oxygen atoms in total. The van der Waals surface area contributed by atoms with Crippen LogP contribution in [-0.2, 0) is 10.3 Å². The standard InChI is InChI=1S/C9H17N5OS/c1-6(7(15)10-5)16-8-11-12-13-14(8)9(2,3)4/h6H,1-5H3,(H,10,15). The zero-order valence-electron chi connectivity index (χ0n) is 10.2. The van der Waals surface area contributed by atoms with Crippen LogP contribution >= 0.6 is 11.8 Å². The minimum absolute atomic E-state index is 0.0338. The minimum atomic E-state index is -0.211. The fourth-order valence-corrected chi connectivity index (χ4v) is 2.12. The zero-order valence-corrected chi connectivity index (χ0v) is 11.0. The molecule has 16 heavy (non-hydrogen) atoms. The molecule has 1 heterocycles. The largest absolute Gasteiger partial charge is 0.358 e. The van der Waals surface area contributed by atoms with Gasteiger partial charge in [-0.2, -0.15) is 0 Å². The van der Waals surface area contributed by atoms with E-state index in [2.05, 4.69) is 20.8 Å². The van der Waals surface area contributed by atoms with Crippen LogP contribution in [0.4, 0.5) is 0 Å². The third-order valence-electron chi connectivity index (χ3n) is 1.97. The third-order valence-corrected chi connectivity index (χ3v) is 3.01. The number of nitrogens with one attached hydrogen (secondary N) is 1.